The summed E-state index contributed by atoms with van der Waals surface area (Å²) >= 11 is 0. The highest BCUT2D eigenvalue weighted by molar-refractivity contribution is 7.95. The summed E-state index contributed by atoms with van der Waals surface area (Å²) in [7, 11) is -3.95. The van der Waals surface area contributed by atoms with E-state index in [1.54, 1.807) is 30.3 Å². The molecule has 0 fully saturated rings. The zero-order chi connectivity index (χ0) is 17.3. The number of halogens is 1. The molecule has 0 aromatic heterocycles. The Balaban J connectivity index is 2.07. The largest absolute Gasteiger partial charge is 0.393 e. The first-order valence-electron chi connectivity index (χ1n) is 7.81. The highest BCUT2D eigenvalue weighted by Crippen LogP contribution is 2.45. The van der Waals surface area contributed by atoms with Gasteiger partial charge in [0.15, 0.2) is 0 Å². The summed E-state index contributed by atoms with van der Waals surface area (Å²) in [4.78, 5) is 0. The van der Waals surface area contributed by atoms with Gasteiger partial charge in [-0.05, 0) is 37.1 Å². The Bertz CT molecular complexity index is 841. The summed E-state index contributed by atoms with van der Waals surface area (Å²) in [5.74, 6) is -0.605. The number of hydrogen-bond donors (Lipinski definition) is 1. The predicted octanol–water partition coefficient (Wildman–Crippen LogP) is 3.19. The van der Waals surface area contributed by atoms with Gasteiger partial charge in [0.25, 0.3) is 0 Å². The average molecular weight is 350 g/mol. The Morgan fingerprint density at radius 3 is 2.25 bits per heavy atom. The third-order valence-corrected chi connectivity index (χ3v) is 5.88. The van der Waals surface area contributed by atoms with Gasteiger partial charge in [-0.25, -0.2) is 8.70 Å². The number of fused-ring (bicyclic) bond motifs is 1. The molecule has 0 aliphatic carbocycles. The molecule has 1 heterocycles. The first-order valence-corrected chi connectivity index (χ1v) is 9.21. The van der Waals surface area contributed by atoms with Crippen LogP contribution in [0.1, 0.15) is 19.8 Å². The van der Waals surface area contributed by atoms with Gasteiger partial charge in [0.1, 0.15) is 5.82 Å². The summed E-state index contributed by atoms with van der Waals surface area (Å²) < 4.78 is 42.5. The molecular weight excluding hydrogens is 331 g/mol. The summed E-state index contributed by atoms with van der Waals surface area (Å²) in [6.45, 7) is 1.97. The molecule has 1 atom stereocenters. The molecule has 5 nitrogen and oxygen atoms in total. The van der Waals surface area contributed by atoms with Gasteiger partial charge >= 0.3 is 10.2 Å². The van der Waals surface area contributed by atoms with E-state index in [1.165, 1.54) is 22.5 Å². The molecule has 7 heteroatoms. The van der Waals surface area contributed by atoms with Crippen LogP contribution < -0.4 is 8.61 Å². The minimum atomic E-state index is -3.95. The molecule has 24 heavy (non-hydrogen) atoms. The zero-order valence-corrected chi connectivity index (χ0v) is 14.1. The van der Waals surface area contributed by atoms with Crippen LogP contribution >= 0.6 is 0 Å². The molecule has 3 rings (SSSR count). The van der Waals surface area contributed by atoms with Gasteiger partial charge in [-0.1, -0.05) is 31.2 Å². The smallest absolute Gasteiger partial charge is 0.331 e. The maximum absolute atomic E-state index is 14.2. The minimum absolute atomic E-state index is 0.0107. The van der Waals surface area contributed by atoms with Crippen molar-refractivity contribution in [3.05, 3.63) is 54.3 Å². The molecule has 1 N–H and O–H groups in total. The first-order chi connectivity index (χ1) is 11.5. The second-order valence-corrected chi connectivity index (χ2v) is 7.34. The van der Waals surface area contributed by atoms with Crippen molar-refractivity contribution in [3.8, 4) is 0 Å². The van der Waals surface area contributed by atoms with E-state index in [9.17, 15) is 17.9 Å². The van der Waals surface area contributed by atoms with Crippen molar-refractivity contribution >= 4 is 27.3 Å². The number of rotatable bonds is 5. The molecular formula is C17H19FN2O3S. The van der Waals surface area contributed by atoms with Gasteiger partial charge in [-0.15, -0.1) is 0 Å². The first kappa shape index (κ1) is 16.7. The number of aliphatic hydroxyl groups excluding tert-OH is 1. The van der Waals surface area contributed by atoms with Gasteiger partial charge in [0, 0.05) is 6.54 Å². The lowest BCUT2D eigenvalue weighted by atomic mass is 10.2. The molecule has 0 radical (unpaired) electrons. The average Bonchev–Trinajstić information content (AvgIpc) is 2.79. The van der Waals surface area contributed by atoms with Gasteiger partial charge in [-0.3, -0.25) is 4.31 Å². The summed E-state index contributed by atoms with van der Waals surface area (Å²) in [5, 5.41) is 9.77. The Morgan fingerprint density at radius 2 is 1.62 bits per heavy atom. The Kier molecular flexibility index (Phi) is 4.47. The van der Waals surface area contributed by atoms with Crippen LogP contribution in [-0.4, -0.2) is 26.2 Å². The molecule has 128 valence electrons. The molecule has 0 saturated heterocycles. The van der Waals surface area contributed by atoms with Crippen LogP contribution in [0.2, 0.25) is 0 Å². The van der Waals surface area contributed by atoms with Crippen molar-refractivity contribution in [2.45, 2.75) is 25.9 Å². The molecule has 0 saturated carbocycles. The van der Waals surface area contributed by atoms with Crippen molar-refractivity contribution in [1.29, 1.82) is 0 Å². The quantitative estimate of drug-likeness (QED) is 0.901. The minimum Gasteiger partial charge on any atom is -0.393 e. The third-order valence-electron chi connectivity index (χ3n) is 4.09. The lowest BCUT2D eigenvalue weighted by Gasteiger charge is -2.22. The number of hydrogen-bond acceptors (Lipinski definition) is 3. The molecule has 1 unspecified atom stereocenters. The van der Waals surface area contributed by atoms with E-state index in [1.807, 2.05) is 6.92 Å². The fraction of sp³-hybridized carbons (Fsp3) is 0.294. The van der Waals surface area contributed by atoms with Crippen molar-refractivity contribution < 1.29 is 17.9 Å². The van der Waals surface area contributed by atoms with Crippen LogP contribution in [0.3, 0.4) is 0 Å². The molecule has 0 amide bonds. The zero-order valence-electron chi connectivity index (χ0n) is 13.3. The second kappa shape index (κ2) is 6.41. The van der Waals surface area contributed by atoms with Gasteiger partial charge < -0.3 is 5.11 Å². The van der Waals surface area contributed by atoms with E-state index in [0.29, 0.717) is 24.2 Å². The third kappa shape index (κ3) is 2.74. The van der Waals surface area contributed by atoms with E-state index in [2.05, 4.69) is 0 Å². The van der Waals surface area contributed by atoms with E-state index < -0.39 is 22.1 Å². The molecule has 0 spiro atoms. The molecule has 0 bridgehead atoms. The Morgan fingerprint density at radius 1 is 1.04 bits per heavy atom. The van der Waals surface area contributed by atoms with Crippen LogP contribution in [0.15, 0.2) is 48.5 Å². The van der Waals surface area contributed by atoms with Crippen LogP contribution in [0, 0.1) is 5.82 Å². The molecule has 1 aliphatic heterocycles. The standard InChI is InChI=1S/C17H19FN2O3S/c1-2-13(21)11-12-19-16-9-5-6-10-17(16)20(24(19,22)23)15-8-4-3-7-14(15)18/h3-10,13,21H,2,11-12H2,1H3. The topological polar surface area (TPSA) is 60.9 Å². The maximum atomic E-state index is 14.2. The summed E-state index contributed by atoms with van der Waals surface area (Å²) in [6, 6.07) is 12.6. The summed E-state index contributed by atoms with van der Waals surface area (Å²) in [5.41, 5.74) is 0.890. The van der Waals surface area contributed by atoms with Crippen molar-refractivity contribution in [2.24, 2.45) is 0 Å². The Labute approximate surface area is 141 Å². The number of benzene rings is 2. The van der Waals surface area contributed by atoms with Gasteiger partial charge in [0.2, 0.25) is 0 Å². The number of nitrogens with zero attached hydrogens (tertiary/aromatic N) is 2. The maximum Gasteiger partial charge on any atom is 0.331 e. The van der Waals surface area contributed by atoms with E-state index >= 15 is 0 Å². The predicted molar refractivity (Wildman–Crippen MR) is 92.2 cm³/mol. The fourth-order valence-electron chi connectivity index (χ4n) is 2.77. The van der Waals surface area contributed by atoms with Crippen LogP contribution in [0.5, 0.6) is 0 Å². The van der Waals surface area contributed by atoms with Crippen LogP contribution in [-0.2, 0) is 10.2 Å². The van der Waals surface area contributed by atoms with Crippen molar-refractivity contribution in [2.75, 3.05) is 15.2 Å². The monoisotopic (exact) mass is 350 g/mol. The number of anilines is 3. The van der Waals surface area contributed by atoms with E-state index in [4.69, 9.17) is 0 Å². The van der Waals surface area contributed by atoms with Gasteiger partial charge in [-0.2, -0.15) is 8.42 Å². The van der Waals surface area contributed by atoms with Gasteiger partial charge in [0.05, 0.1) is 23.2 Å². The second-order valence-electron chi connectivity index (χ2n) is 5.64. The lowest BCUT2D eigenvalue weighted by molar-refractivity contribution is 0.163. The highest BCUT2D eigenvalue weighted by atomic mass is 32.2. The van der Waals surface area contributed by atoms with E-state index in [0.717, 1.165) is 4.31 Å². The van der Waals surface area contributed by atoms with Crippen LogP contribution in [0.4, 0.5) is 21.5 Å². The fourth-order valence-corrected chi connectivity index (χ4v) is 4.51. The molecule has 2 aromatic carbocycles. The Hall–Kier alpha value is -2.12. The number of aliphatic hydroxyl groups is 1. The SMILES string of the molecule is CCC(O)CCN1c2ccccc2N(c2ccccc2F)S1(=O)=O. The van der Waals surface area contributed by atoms with Crippen molar-refractivity contribution in [1.82, 2.24) is 0 Å². The van der Waals surface area contributed by atoms with Crippen molar-refractivity contribution in [3.63, 3.8) is 0 Å². The summed E-state index contributed by atoms with van der Waals surface area (Å²) in [6.07, 6.45) is 0.289. The van der Waals surface area contributed by atoms with E-state index in [-0.39, 0.29) is 12.2 Å². The normalized spacial score (nSPS) is 17.0. The highest BCUT2D eigenvalue weighted by Gasteiger charge is 2.41. The molecule has 2 aromatic rings. The molecule has 1 aliphatic rings. The van der Waals surface area contributed by atoms with Crippen LogP contribution in [0.25, 0.3) is 0 Å². The number of para-hydroxylation sites is 3. The lowest BCUT2D eigenvalue weighted by Crippen LogP contribution is -2.37.